The Balaban J connectivity index is 1.39. The summed E-state index contributed by atoms with van der Waals surface area (Å²) >= 11 is 0. The van der Waals surface area contributed by atoms with E-state index in [0.717, 1.165) is 17.0 Å². The Morgan fingerprint density at radius 2 is 1.90 bits per heavy atom. The standard InChI is InChI=1S/C20H21N7O2S/c1-26(12-6-9-17-13-20(23-22-17)16-7-3-2-4-8-16)30(28,29)19-11-5-10-18(14-19)27-15-21-24-25-27/h2-5,7-8,10-11,13-15H,6,9,12H2,1H3,(H,22,23). The molecule has 1 N–H and O–H groups in total. The van der Waals surface area contributed by atoms with Crippen molar-refractivity contribution in [2.45, 2.75) is 17.7 Å². The van der Waals surface area contributed by atoms with E-state index >= 15 is 0 Å². The molecule has 9 nitrogen and oxygen atoms in total. The van der Waals surface area contributed by atoms with Crippen LogP contribution < -0.4 is 0 Å². The predicted molar refractivity (Wildman–Crippen MR) is 111 cm³/mol. The van der Waals surface area contributed by atoms with Gasteiger partial charge in [-0.1, -0.05) is 36.4 Å². The molecule has 0 saturated heterocycles. The quantitative estimate of drug-likeness (QED) is 0.466. The number of nitrogens with one attached hydrogen (secondary N) is 1. The minimum Gasteiger partial charge on any atom is -0.282 e. The largest absolute Gasteiger partial charge is 0.282 e. The van der Waals surface area contributed by atoms with Crippen molar-refractivity contribution in [2.24, 2.45) is 0 Å². The SMILES string of the molecule is CN(CCCc1cc(-c2ccccc2)n[nH]1)S(=O)(=O)c1cccc(-n2cnnn2)c1. The number of H-pyrrole nitrogens is 1. The average Bonchev–Trinajstić information content (AvgIpc) is 3.47. The fourth-order valence-corrected chi connectivity index (χ4v) is 4.35. The summed E-state index contributed by atoms with van der Waals surface area (Å²) in [7, 11) is -2.03. The second-order valence-corrected chi connectivity index (χ2v) is 8.87. The zero-order valence-electron chi connectivity index (χ0n) is 16.4. The lowest BCUT2D eigenvalue weighted by Gasteiger charge is -2.17. The van der Waals surface area contributed by atoms with Gasteiger partial charge >= 0.3 is 0 Å². The van der Waals surface area contributed by atoms with Crippen molar-refractivity contribution in [1.29, 1.82) is 0 Å². The van der Waals surface area contributed by atoms with E-state index < -0.39 is 10.0 Å². The lowest BCUT2D eigenvalue weighted by molar-refractivity contribution is 0.460. The van der Waals surface area contributed by atoms with Gasteiger partial charge in [0.1, 0.15) is 6.33 Å². The van der Waals surface area contributed by atoms with Crippen molar-refractivity contribution in [1.82, 2.24) is 34.7 Å². The molecule has 0 atom stereocenters. The summed E-state index contributed by atoms with van der Waals surface area (Å²) in [5.74, 6) is 0. The minimum atomic E-state index is -3.62. The maximum Gasteiger partial charge on any atom is 0.242 e. The molecule has 0 aliphatic carbocycles. The molecule has 0 aliphatic rings. The van der Waals surface area contributed by atoms with E-state index in [0.29, 0.717) is 25.1 Å². The van der Waals surface area contributed by atoms with Crippen molar-refractivity contribution >= 4 is 10.0 Å². The maximum absolute atomic E-state index is 12.9. The zero-order valence-corrected chi connectivity index (χ0v) is 17.2. The van der Waals surface area contributed by atoms with Gasteiger partial charge in [-0.2, -0.15) is 5.10 Å². The van der Waals surface area contributed by atoms with Gasteiger partial charge in [0, 0.05) is 24.8 Å². The molecular weight excluding hydrogens is 402 g/mol. The lowest BCUT2D eigenvalue weighted by atomic mass is 10.1. The molecule has 2 aromatic heterocycles. The highest BCUT2D eigenvalue weighted by atomic mass is 32.2. The summed E-state index contributed by atoms with van der Waals surface area (Å²) in [6.45, 7) is 0.386. The van der Waals surface area contributed by atoms with Crippen molar-refractivity contribution in [3.05, 3.63) is 72.7 Å². The first-order chi connectivity index (χ1) is 14.5. The third kappa shape index (κ3) is 4.29. The first kappa shape index (κ1) is 19.9. The first-order valence-corrected chi connectivity index (χ1v) is 10.9. The summed E-state index contributed by atoms with van der Waals surface area (Å²) < 4.78 is 28.6. The van der Waals surface area contributed by atoms with Crippen LogP contribution in [0.4, 0.5) is 0 Å². The molecule has 0 bridgehead atoms. The van der Waals surface area contributed by atoms with E-state index in [1.54, 1.807) is 31.3 Å². The van der Waals surface area contributed by atoms with Crippen LogP contribution in [0, 0.1) is 0 Å². The van der Waals surface area contributed by atoms with E-state index in [-0.39, 0.29) is 4.90 Å². The van der Waals surface area contributed by atoms with Gasteiger partial charge in [-0.3, -0.25) is 5.10 Å². The number of sulfonamides is 1. The molecule has 4 rings (SSSR count). The Morgan fingerprint density at radius 3 is 2.67 bits per heavy atom. The highest BCUT2D eigenvalue weighted by Crippen LogP contribution is 2.20. The van der Waals surface area contributed by atoms with E-state index in [1.165, 1.54) is 15.3 Å². The number of benzene rings is 2. The highest BCUT2D eigenvalue weighted by molar-refractivity contribution is 7.89. The van der Waals surface area contributed by atoms with Crippen molar-refractivity contribution in [3.8, 4) is 16.9 Å². The van der Waals surface area contributed by atoms with E-state index in [2.05, 4.69) is 25.7 Å². The van der Waals surface area contributed by atoms with Crippen LogP contribution in [0.3, 0.4) is 0 Å². The Hall–Kier alpha value is -3.37. The normalized spacial score (nSPS) is 11.8. The Kier molecular flexibility index (Phi) is 5.68. The monoisotopic (exact) mass is 423 g/mol. The molecule has 0 amide bonds. The molecule has 10 heteroatoms. The number of hydrogen-bond acceptors (Lipinski definition) is 6. The summed E-state index contributed by atoms with van der Waals surface area (Å²) in [4.78, 5) is 0.200. The van der Waals surface area contributed by atoms with Gasteiger partial charge in [-0.25, -0.2) is 17.4 Å². The number of aryl methyl sites for hydroxylation is 1. The second kappa shape index (κ2) is 8.56. The Labute approximate surface area is 174 Å². The summed E-state index contributed by atoms with van der Waals surface area (Å²) in [6, 6.07) is 18.5. The Bertz CT molecular complexity index is 1200. The van der Waals surface area contributed by atoms with Crippen LogP contribution in [-0.4, -0.2) is 56.7 Å². The van der Waals surface area contributed by atoms with Gasteiger partial charge in [0.15, 0.2) is 0 Å². The number of hydrogen-bond donors (Lipinski definition) is 1. The van der Waals surface area contributed by atoms with Crippen molar-refractivity contribution in [2.75, 3.05) is 13.6 Å². The fraction of sp³-hybridized carbons (Fsp3) is 0.200. The van der Waals surface area contributed by atoms with Crippen LogP contribution in [0.1, 0.15) is 12.1 Å². The van der Waals surface area contributed by atoms with E-state index in [1.807, 2.05) is 36.4 Å². The molecule has 2 aromatic carbocycles. The molecule has 0 fully saturated rings. The summed E-state index contributed by atoms with van der Waals surface area (Å²) in [6.07, 6.45) is 2.78. The van der Waals surface area contributed by atoms with Gasteiger partial charge in [-0.15, -0.1) is 5.10 Å². The zero-order chi connectivity index (χ0) is 21.0. The number of nitrogens with zero attached hydrogens (tertiary/aromatic N) is 6. The number of rotatable bonds is 8. The molecular formula is C20H21N7O2S. The molecule has 0 aliphatic heterocycles. The molecule has 30 heavy (non-hydrogen) atoms. The highest BCUT2D eigenvalue weighted by Gasteiger charge is 2.21. The smallest absolute Gasteiger partial charge is 0.242 e. The number of aromatic amines is 1. The van der Waals surface area contributed by atoms with Gasteiger partial charge in [-0.05, 0) is 47.5 Å². The molecule has 0 radical (unpaired) electrons. The van der Waals surface area contributed by atoms with Gasteiger partial charge in [0.25, 0.3) is 0 Å². The summed E-state index contributed by atoms with van der Waals surface area (Å²) in [5.41, 5.74) is 3.48. The van der Waals surface area contributed by atoms with Crippen LogP contribution in [0.25, 0.3) is 16.9 Å². The van der Waals surface area contributed by atoms with Crippen LogP contribution in [0.2, 0.25) is 0 Å². The van der Waals surface area contributed by atoms with E-state index in [9.17, 15) is 8.42 Å². The topological polar surface area (TPSA) is 110 Å². The van der Waals surface area contributed by atoms with Crippen molar-refractivity contribution in [3.63, 3.8) is 0 Å². The molecule has 0 unspecified atom stereocenters. The molecule has 154 valence electrons. The van der Waals surface area contributed by atoms with Crippen LogP contribution >= 0.6 is 0 Å². The van der Waals surface area contributed by atoms with E-state index in [4.69, 9.17) is 0 Å². The average molecular weight is 424 g/mol. The van der Waals surface area contributed by atoms with Gasteiger partial charge in [0.2, 0.25) is 10.0 Å². The van der Waals surface area contributed by atoms with Gasteiger partial charge in [0.05, 0.1) is 16.3 Å². The van der Waals surface area contributed by atoms with Gasteiger partial charge < -0.3 is 0 Å². The predicted octanol–water partition coefficient (Wildman–Crippen LogP) is 2.31. The molecule has 0 saturated carbocycles. The molecule has 4 aromatic rings. The van der Waals surface area contributed by atoms with Crippen LogP contribution in [-0.2, 0) is 16.4 Å². The molecule has 2 heterocycles. The third-order valence-electron chi connectivity index (χ3n) is 4.76. The Morgan fingerprint density at radius 1 is 1.07 bits per heavy atom. The number of tetrazole rings is 1. The maximum atomic E-state index is 12.9. The summed E-state index contributed by atoms with van der Waals surface area (Å²) in [5, 5.41) is 18.3. The number of aromatic nitrogens is 6. The first-order valence-electron chi connectivity index (χ1n) is 9.43. The second-order valence-electron chi connectivity index (χ2n) is 6.83. The molecule has 0 spiro atoms. The minimum absolute atomic E-state index is 0.200. The fourth-order valence-electron chi connectivity index (χ4n) is 3.10. The van der Waals surface area contributed by atoms with Crippen LogP contribution in [0.5, 0.6) is 0 Å². The lowest BCUT2D eigenvalue weighted by Crippen LogP contribution is -2.28. The third-order valence-corrected chi connectivity index (χ3v) is 6.61. The van der Waals surface area contributed by atoms with Crippen LogP contribution in [0.15, 0.2) is 71.9 Å². The van der Waals surface area contributed by atoms with Crippen molar-refractivity contribution < 1.29 is 8.42 Å².